The second-order valence-corrected chi connectivity index (χ2v) is 5.46. The van der Waals surface area contributed by atoms with Gasteiger partial charge in [0, 0.05) is 0 Å². The normalized spacial score (nSPS) is 9.59. The van der Waals surface area contributed by atoms with Crippen molar-refractivity contribution in [2.24, 2.45) is 0 Å². The molecular weight excluding hydrogens is 348 g/mol. The summed E-state index contributed by atoms with van der Waals surface area (Å²) in [5, 5.41) is 11.2. The average molecular weight is 366 g/mol. The maximum Gasteiger partial charge on any atom is 0.276 e. The van der Waals surface area contributed by atoms with Gasteiger partial charge in [-0.25, -0.2) is 0 Å². The van der Waals surface area contributed by atoms with Gasteiger partial charge in [-0.15, -0.1) is 0 Å². The van der Waals surface area contributed by atoms with Crippen molar-refractivity contribution in [1.29, 1.82) is 5.26 Å². The van der Waals surface area contributed by atoms with E-state index in [9.17, 15) is 14.4 Å². The summed E-state index contributed by atoms with van der Waals surface area (Å²) in [6.45, 7) is -0.574. The zero-order chi connectivity index (χ0) is 19.5. The molecule has 0 fully saturated rings. The molecule has 0 aromatic heterocycles. The first-order valence-corrected chi connectivity index (χ1v) is 8.08. The van der Waals surface area contributed by atoms with E-state index < -0.39 is 11.8 Å². The Kier molecular flexibility index (Phi) is 7.36. The number of carbonyl (C=O) groups is 3. The lowest BCUT2D eigenvalue weighted by Gasteiger charge is -2.09. The van der Waals surface area contributed by atoms with Gasteiger partial charge >= 0.3 is 0 Å². The van der Waals surface area contributed by atoms with E-state index in [0.717, 1.165) is 5.56 Å². The molecule has 8 nitrogen and oxygen atoms in total. The van der Waals surface area contributed by atoms with Crippen molar-refractivity contribution in [3.05, 3.63) is 65.7 Å². The van der Waals surface area contributed by atoms with Crippen LogP contribution in [-0.2, 0) is 20.8 Å². The summed E-state index contributed by atoms with van der Waals surface area (Å²) in [6.07, 6.45) is 0.166. The van der Waals surface area contributed by atoms with Gasteiger partial charge in [-0.1, -0.05) is 30.3 Å². The maximum atomic E-state index is 11.7. The molecule has 0 unspecified atom stereocenters. The maximum absolute atomic E-state index is 11.7. The highest BCUT2D eigenvalue weighted by Crippen LogP contribution is 2.11. The Hall–Kier alpha value is -3.86. The Morgan fingerprint density at radius 3 is 2.22 bits per heavy atom. The molecule has 8 heteroatoms. The van der Waals surface area contributed by atoms with Crippen LogP contribution in [0, 0.1) is 11.3 Å². The molecule has 27 heavy (non-hydrogen) atoms. The minimum absolute atomic E-state index is 0.166. The van der Waals surface area contributed by atoms with Crippen molar-refractivity contribution in [1.82, 2.24) is 16.2 Å². The largest absolute Gasteiger partial charge is 0.484 e. The quantitative estimate of drug-likeness (QED) is 0.614. The lowest BCUT2D eigenvalue weighted by molar-refractivity contribution is -0.130. The third-order valence-corrected chi connectivity index (χ3v) is 3.35. The molecule has 0 saturated carbocycles. The smallest absolute Gasteiger partial charge is 0.276 e. The van der Waals surface area contributed by atoms with Gasteiger partial charge in [0.05, 0.1) is 24.6 Å². The van der Waals surface area contributed by atoms with Crippen LogP contribution < -0.4 is 20.9 Å². The Balaban J connectivity index is 1.62. The second kappa shape index (κ2) is 10.2. The molecular formula is C19H18N4O4. The van der Waals surface area contributed by atoms with E-state index in [1.54, 1.807) is 24.3 Å². The van der Waals surface area contributed by atoms with Crippen LogP contribution in [0.1, 0.15) is 11.1 Å². The van der Waals surface area contributed by atoms with E-state index in [1.807, 2.05) is 36.4 Å². The van der Waals surface area contributed by atoms with Gasteiger partial charge in [0.25, 0.3) is 11.8 Å². The molecule has 0 spiro atoms. The first-order valence-electron chi connectivity index (χ1n) is 8.08. The zero-order valence-corrected chi connectivity index (χ0v) is 14.4. The first-order chi connectivity index (χ1) is 13.1. The van der Waals surface area contributed by atoms with Crippen LogP contribution in [0.4, 0.5) is 0 Å². The Morgan fingerprint density at radius 2 is 1.56 bits per heavy atom. The van der Waals surface area contributed by atoms with E-state index in [1.165, 1.54) is 0 Å². The van der Waals surface area contributed by atoms with Crippen LogP contribution in [0.15, 0.2) is 54.6 Å². The van der Waals surface area contributed by atoms with Gasteiger partial charge in [0.1, 0.15) is 5.75 Å². The van der Waals surface area contributed by atoms with E-state index in [4.69, 9.17) is 10.00 Å². The van der Waals surface area contributed by atoms with Crippen LogP contribution in [0.3, 0.4) is 0 Å². The Morgan fingerprint density at radius 1 is 0.889 bits per heavy atom. The standard InChI is InChI=1S/C19H18N4O4/c20-11-15-6-8-16(9-7-15)27-13-19(26)23-22-18(25)12-21-17(24)10-14-4-2-1-3-5-14/h1-9H,10,12-13H2,(H,21,24)(H,22,25)(H,23,26). The summed E-state index contributed by atoms with van der Waals surface area (Å²) in [5.74, 6) is -1.01. The lowest BCUT2D eigenvalue weighted by atomic mass is 10.1. The summed E-state index contributed by atoms with van der Waals surface area (Å²) >= 11 is 0. The van der Waals surface area contributed by atoms with Gasteiger partial charge in [0.2, 0.25) is 5.91 Å². The van der Waals surface area contributed by atoms with Crippen LogP contribution in [-0.4, -0.2) is 30.9 Å². The fraction of sp³-hybridized carbons (Fsp3) is 0.158. The number of rotatable bonds is 7. The van der Waals surface area contributed by atoms with Gasteiger partial charge in [-0.3, -0.25) is 25.2 Å². The van der Waals surface area contributed by atoms with Gasteiger partial charge in [0.15, 0.2) is 6.61 Å². The minimum atomic E-state index is -0.567. The molecule has 0 heterocycles. The molecule has 0 saturated heterocycles. The fourth-order valence-corrected chi connectivity index (χ4v) is 2.02. The summed E-state index contributed by atoms with van der Waals surface area (Å²) in [5.41, 5.74) is 5.68. The summed E-state index contributed by atoms with van der Waals surface area (Å²) in [6, 6.07) is 17.3. The Bertz CT molecular complexity index is 829. The summed E-state index contributed by atoms with van der Waals surface area (Å²) in [7, 11) is 0. The molecule has 0 atom stereocenters. The topological polar surface area (TPSA) is 120 Å². The predicted octanol–water partition coefficient (Wildman–Crippen LogP) is 0.443. The van der Waals surface area contributed by atoms with Gasteiger partial charge in [-0.05, 0) is 29.8 Å². The van der Waals surface area contributed by atoms with Crippen molar-refractivity contribution in [2.45, 2.75) is 6.42 Å². The molecule has 138 valence electrons. The van der Waals surface area contributed by atoms with Crippen LogP contribution in [0.5, 0.6) is 5.75 Å². The van der Waals surface area contributed by atoms with Crippen molar-refractivity contribution in [3.8, 4) is 11.8 Å². The van der Waals surface area contributed by atoms with Crippen molar-refractivity contribution in [2.75, 3.05) is 13.2 Å². The zero-order valence-electron chi connectivity index (χ0n) is 14.4. The SMILES string of the molecule is N#Cc1ccc(OCC(=O)NNC(=O)CNC(=O)Cc2ccccc2)cc1. The van der Waals surface area contributed by atoms with Crippen molar-refractivity contribution >= 4 is 17.7 Å². The molecule has 0 aliphatic carbocycles. The highest BCUT2D eigenvalue weighted by Gasteiger charge is 2.08. The molecule has 2 rings (SSSR count). The van der Waals surface area contributed by atoms with Crippen LogP contribution in [0.25, 0.3) is 0 Å². The molecule has 2 aromatic carbocycles. The van der Waals surface area contributed by atoms with E-state index in [-0.39, 0.29) is 25.5 Å². The van der Waals surface area contributed by atoms with Crippen LogP contribution >= 0.6 is 0 Å². The van der Waals surface area contributed by atoms with Crippen LogP contribution in [0.2, 0.25) is 0 Å². The summed E-state index contributed by atoms with van der Waals surface area (Å²) in [4.78, 5) is 35.0. The number of ether oxygens (including phenoxy) is 1. The van der Waals surface area contributed by atoms with E-state index in [2.05, 4.69) is 16.2 Å². The third kappa shape index (κ3) is 7.27. The van der Waals surface area contributed by atoms with E-state index >= 15 is 0 Å². The predicted molar refractivity (Wildman–Crippen MR) is 96.1 cm³/mol. The number of carbonyl (C=O) groups excluding carboxylic acids is 3. The molecule has 3 amide bonds. The summed E-state index contributed by atoms with van der Waals surface area (Å²) < 4.78 is 5.22. The van der Waals surface area contributed by atoms with Crippen molar-refractivity contribution in [3.63, 3.8) is 0 Å². The number of hydrogen-bond donors (Lipinski definition) is 3. The third-order valence-electron chi connectivity index (χ3n) is 3.35. The first kappa shape index (κ1) is 19.5. The fourth-order valence-electron chi connectivity index (χ4n) is 2.02. The number of nitrogens with one attached hydrogen (secondary N) is 3. The number of hydrazine groups is 1. The lowest BCUT2D eigenvalue weighted by Crippen LogP contribution is -2.47. The minimum Gasteiger partial charge on any atom is -0.484 e. The Labute approximate surface area is 156 Å². The second-order valence-electron chi connectivity index (χ2n) is 5.46. The highest BCUT2D eigenvalue weighted by atomic mass is 16.5. The molecule has 2 aromatic rings. The van der Waals surface area contributed by atoms with Gasteiger partial charge in [-0.2, -0.15) is 5.26 Å². The number of benzene rings is 2. The number of amides is 3. The molecule has 0 radical (unpaired) electrons. The monoisotopic (exact) mass is 366 g/mol. The number of nitriles is 1. The molecule has 0 aliphatic rings. The van der Waals surface area contributed by atoms with E-state index in [0.29, 0.717) is 11.3 Å². The number of nitrogens with zero attached hydrogens (tertiary/aromatic N) is 1. The number of hydrogen-bond acceptors (Lipinski definition) is 5. The molecule has 3 N–H and O–H groups in total. The van der Waals surface area contributed by atoms with Gasteiger partial charge < -0.3 is 10.1 Å². The highest BCUT2D eigenvalue weighted by molar-refractivity contribution is 5.87. The molecule has 0 bridgehead atoms. The molecule has 0 aliphatic heterocycles. The average Bonchev–Trinajstić information content (AvgIpc) is 2.70. The van der Waals surface area contributed by atoms with Crippen molar-refractivity contribution < 1.29 is 19.1 Å².